The normalized spacial score (nSPS) is 16.9. The molecule has 2 amide bonds. The highest BCUT2D eigenvalue weighted by Crippen LogP contribution is 2.17. The van der Waals surface area contributed by atoms with Crippen LogP contribution >= 0.6 is 0 Å². The van der Waals surface area contributed by atoms with E-state index in [4.69, 9.17) is 5.73 Å². The van der Waals surface area contributed by atoms with Crippen molar-refractivity contribution in [3.63, 3.8) is 0 Å². The molecule has 1 fully saturated rings. The Kier molecular flexibility index (Phi) is 5.37. The number of hydrogen-bond acceptors (Lipinski definition) is 2. The van der Waals surface area contributed by atoms with Crippen molar-refractivity contribution in [2.24, 2.45) is 5.73 Å². The second kappa shape index (κ2) is 6.65. The third kappa shape index (κ3) is 4.46. The Morgan fingerprint density at radius 1 is 1.29 bits per heavy atom. The molecular formula is C10H21N3O. The first-order valence-corrected chi connectivity index (χ1v) is 5.57. The van der Waals surface area contributed by atoms with Crippen LogP contribution in [0.4, 0.5) is 4.79 Å². The van der Waals surface area contributed by atoms with Gasteiger partial charge in [-0.05, 0) is 32.2 Å². The van der Waals surface area contributed by atoms with Gasteiger partial charge in [-0.3, -0.25) is 0 Å². The molecule has 14 heavy (non-hydrogen) atoms. The minimum atomic E-state index is -0.0195. The van der Waals surface area contributed by atoms with Crippen LogP contribution in [0.15, 0.2) is 0 Å². The van der Waals surface area contributed by atoms with Gasteiger partial charge in [-0.25, -0.2) is 4.79 Å². The number of rotatable bonds is 5. The monoisotopic (exact) mass is 199 g/mol. The average Bonchev–Trinajstić information content (AvgIpc) is 2.65. The van der Waals surface area contributed by atoms with Gasteiger partial charge in [0.05, 0.1) is 0 Å². The quantitative estimate of drug-likeness (QED) is 0.577. The largest absolute Gasteiger partial charge is 0.338 e. The summed E-state index contributed by atoms with van der Waals surface area (Å²) in [6.45, 7) is 1.43. The van der Waals surface area contributed by atoms with E-state index in [-0.39, 0.29) is 6.03 Å². The van der Waals surface area contributed by atoms with E-state index in [1.54, 1.807) is 0 Å². The summed E-state index contributed by atoms with van der Waals surface area (Å²) in [6.07, 6.45) is 6.71. The van der Waals surface area contributed by atoms with Gasteiger partial charge in [0.2, 0.25) is 0 Å². The Morgan fingerprint density at radius 3 is 2.64 bits per heavy atom. The van der Waals surface area contributed by atoms with Crippen LogP contribution in [-0.4, -0.2) is 25.2 Å². The van der Waals surface area contributed by atoms with Crippen molar-refractivity contribution in [1.82, 2.24) is 10.6 Å². The van der Waals surface area contributed by atoms with Crippen LogP contribution in [0.5, 0.6) is 0 Å². The second-order valence-electron chi connectivity index (χ2n) is 3.88. The third-order valence-electron chi connectivity index (χ3n) is 2.61. The topological polar surface area (TPSA) is 67.1 Å². The van der Waals surface area contributed by atoms with Crippen LogP contribution < -0.4 is 16.4 Å². The minimum Gasteiger partial charge on any atom is -0.338 e. The van der Waals surface area contributed by atoms with Crippen LogP contribution in [0, 0.1) is 0 Å². The number of carbonyl (C=O) groups is 1. The van der Waals surface area contributed by atoms with Gasteiger partial charge in [0.1, 0.15) is 0 Å². The van der Waals surface area contributed by atoms with E-state index in [9.17, 15) is 4.79 Å². The molecule has 0 saturated heterocycles. The standard InChI is InChI=1S/C10H21N3O/c11-7-3-4-8-12-10(14)13-9-5-1-2-6-9/h9H,1-8,11H2,(H2,12,13,14). The van der Waals surface area contributed by atoms with Crippen LogP contribution in [0.3, 0.4) is 0 Å². The fourth-order valence-corrected chi connectivity index (χ4v) is 1.78. The first-order chi connectivity index (χ1) is 6.83. The number of hydrogen-bond donors (Lipinski definition) is 3. The molecule has 0 atom stereocenters. The summed E-state index contributed by atoms with van der Waals surface area (Å²) < 4.78 is 0. The van der Waals surface area contributed by atoms with Gasteiger partial charge in [-0.2, -0.15) is 0 Å². The molecule has 0 aromatic heterocycles. The summed E-state index contributed by atoms with van der Waals surface area (Å²) in [5, 5.41) is 5.81. The zero-order valence-corrected chi connectivity index (χ0v) is 8.72. The van der Waals surface area contributed by atoms with Gasteiger partial charge >= 0.3 is 6.03 Å². The minimum absolute atomic E-state index is 0.0195. The van der Waals surface area contributed by atoms with Crippen molar-refractivity contribution < 1.29 is 4.79 Å². The summed E-state index contributed by atoms with van der Waals surface area (Å²) in [6, 6.07) is 0.387. The Labute approximate surface area is 85.6 Å². The summed E-state index contributed by atoms with van der Waals surface area (Å²) >= 11 is 0. The van der Waals surface area contributed by atoms with Crippen molar-refractivity contribution in [2.75, 3.05) is 13.1 Å². The molecule has 4 N–H and O–H groups in total. The number of nitrogens with two attached hydrogens (primary N) is 1. The predicted molar refractivity (Wildman–Crippen MR) is 57.1 cm³/mol. The summed E-state index contributed by atoms with van der Waals surface area (Å²) in [4.78, 5) is 11.3. The molecule has 4 nitrogen and oxygen atoms in total. The lowest BCUT2D eigenvalue weighted by Crippen LogP contribution is -2.41. The Bertz CT molecular complexity index is 167. The molecule has 0 aromatic rings. The Balaban J connectivity index is 1.98. The fourth-order valence-electron chi connectivity index (χ4n) is 1.78. The van der Waals surface area contributed by atoms with E-state index in [2.05, 4.69) is 10.6 Å². The van der Waals surface area contributed by atoms with E-state index in [0.717, 1.165) is 32.2 Å². The molecule has 1 rings (SSSR count). The SMILES string of the molecule is NCCCCNC(=O)NC1CCCC1. The van der Waals surface area contributed by atoms with Gasteiger partial charge < -0.3 is 16.4 Å². The maximum absolute atomic E-state index is 11.3. The lowest BCUT2D eigenvalue weighted by atomic mass is 10.2. The molecule has 0 radical (unpaired) electrons. The molecule has 0 spiro atoms. The maximum atomic E-state index is 11.3. The molecule has 82 valence electrons. The number of nitrogens with one attached hydrogen (secondary N) is 2. The highest BCUT2D eigenvalue weighted by molar-refractivity contribution is 5.74. The molecule has 0 aromatic carbocycles. The fraction of sp³-hybridized carbons (Fsp3) is 0.900. The Morgan fingerprint density at radius 2 is 2.00 bits per heavy atom. The van der Waals surface area contributed by atoms with E-state index in [0.29, 0.717) is 12.6 Å². The third-order valence-corrected chi connectivity index (χ3v) is 2.61. The lowest BCUT2D eigenvalue weighted by molar-refractivity contribution is 0.237. The highest BCUT2D eigenvalue weighted by Gasteiger charge is 2.16. The lowest BCUT2D eigenvalue weighted by Gasteiger charge is -2.12. The molecule has 4 heteroatoms. The maximum Gasteiger partial charge on any atom is 0.315 e. The van der Waals surface area contributed by atoms with Gasteiger partial charge in [0.25, 0.3) is 0 Å². The van der Waals surface area contributed by atoms with Crippen LogP contribution in [0.2, 0.25) is 0 Å². The van der Waals surface area contributed by atoms with Crippen molar-refractivity contribution in [3.8, 4) is 0 Å². The van der Waals surface area contributed by atoms with Crippen LogP contribution in [0.25, 0.3) is 0 Å². The molecule has 0 aliphatic heterocycles. The van der Waals surface area contributed by atoms with Crippen LogP contribution in [0.1, 0.15) is 38.5 Å². The van der Waals surface area contributed by atoms with Gasteiger partial charge in [0.15, 0.2) is 0 Å². The van der Waals surface area contributed by atoms with Gasteiger partial charge in [0, 0.05) is 12.6 Å². The predicted octanol–water partition coefficient (Wildman–Crippen LogP) is 0.967. The van der Waals surface area contributed by atoms with Crippen molar-refractivity contribution in [1.29, 1.82) is 0 Å². The van der Waals surface area contributed by atoms with E-state index >= 15 is 0 Å². The van der Waals surface area contributed by atoms with E-state index < -0.39 is 0 Å². The van der Waals surface area contributed by atoms with E-state index in [1.807, 2.05) is 0 Å². The van der Waals surface area contributed by atoms with Crippen LogP contribution in [-0.2, 0) is 0 Å². The van der Waals surface area contributed by atoms with Gasteiger partial charge in [-0.15, -0.1) is 0 Å². The summed E-state index contributed by atoms with van der Waals surface area (Å²) in [5.41, 5.74) is 5.35. The van der Waals surface area contributed by atoms with Crippen molar-refractivity contribution in [2.45, 2.75) is 44.6 Å². The summed E-state index contributed by atoms with van der Waals surface area (Å²) in [5.74, 6) is 0. The first-order valence-electron chi connectivity index (χ1n) is 5.57. The Hall–Kier alpha value is -0.770. The molecule has 1 aliphatic carbocycles. The number of urea groups is 1. The van der Waals surface area contributed by atoms with Crippen molar-refractivity contribution in [3.05, 3.63) is 0 Å². The molecule has 1 saturated carbocycles. The van der Waals surface area contributed by atoms with E-state index in [1.165, 1.54) is 12.8 Å². The molecular weight excluding hydrogens is 178 g/mol. The number of unbranched alkanes of at least 4 members (excludes halogenated alkanes) is 1. The van der Waals surface area contributed by atoms with Gasteiger partial charge in [-0.1, -0.05) is 12.8 Å². The zero-order valence-electron chi connectivity index (χ0n) is 8.72. The average molecular weight is 199 g/mol. The van der Waals surface area contributed by atoms with Crippen molar-refractivity contribution >= 4 is 6.03 Å². The first kappa shape index (κ1) is 11.3. The summed E-state index contributed by atoms with van der Waals surface area (Å²) in [7, 11) is 0. The number of carbonyl (C=O) groups excluding carboxylic acids is 1. The second-order valence-corrected chi connectivity index (χ2v) is 3.88. The smallest absolute Gasteiger partial charge is 0.315 e. The molecule has 0 unspecified atom stereocenters. The number of amides is 2. The molecule has 0 bridgehead atoms. The highest BCUT2D eigenvalue weighted by atomic mass is 16.2. The molecule has 1 aliphatic rings. The zero-order chi connectivity index (χ0) is 10.2. The molecule has 0 heterocycles.